The summed E-state index contributed by atoms with van der Waals surface area (Å²) in [5.74, 6) is 1.78. The van der Waals surface area contributed by atoms with Gasteiger partial charge in [-0.2, -0.15) is 0 Å². The predicted octanol–water partition coefficient (Wildman–Crippen LogP) is 4.27. The van der Waals surface area contributed by atoms with Crippen LogP contribution >= 0.6 is 15.9 Å². The number of carbonyl (C=O) groups excluding carboxylic acids is 1. The first-order valence-corrected chi connectivity index (χ1v) is 14.1. The van der Waals surface area contributed by atoms with Crippen molar-refractivity contribution in [2.45, 2.75) is 38.5 Å². The lowest BCUT2D eigenvalue weighted by Crippen LogP contribution is -2.49. The number of carbonyl (C=O) groups is 1. The normalized spacial score (nSPS) is 23.2. The SMILES string of the molecule is CCO[C@H]1OC(C(=O)N2CCN(Cc3ccc4c(c3)OCO4)CC2)=C[C@@H](c2ccc(Br)cc2)[C@@H]1CCCO. The molecule has 9 heteroatoms. The number of fused-ring (bicyclic) bond motifs is 1. The second kappa shape index (κ2) is 12.5. The molecule has 2 aromatic carbocycles. The first-order valence-electron chi connectivity index (χ1n) is 13.3. The fraction of sp³-hybridized carbons (Fsp3) is 0.483. The average molecular weight is 588 g/mol. The van der Waals surface area contributed by atoms with Crippen molar-refractivity contribution in [2.75, 3.05) is 46.2 Å². The molecule has 5 rings (SSSR count). The van der Waals surface area contributed by atoms with Crippen LogP contribution in [0.25, 0.3) is 0 Å². The Bertz CT molecular complexity index is 1130. The smallest absolute Gasteiger partial charge is 0.288 e. The van der Waals surface area contributed by atoms with E-state index in [2.05, 4.69) is 39.0 Å². The number of benzene rings is 2. The van der Waals surface area contributed by atoms with Crippen LogP contribution in [0.2, 0.25) is 0 Å². The fourth-order valence-corrected chi connectivity index (χ4v) is 5.65. The highest BCUT2D eigenvalue weighted by Gasteiger charge is 2.39. The van der Waals surface area contributed by atoms with Crippen LogP contribution in [-0.2, 0) is 20.8 Å². The number of aliphatic hydroxyl groups is 1. The minimum atomic E-state index is -0.545. The molecule has 2 aromatic rings. The van der Waals surface area contributed by atoms with Gasteiger partial charge in [-0.15, -0.1) is 0 Å². The van der Waals surface area contributed by atoms with Gasteiger partial charge in [0.2, 0.25) is 13.1 Å². The molecule has 3 aliphatic heterocycles. The van der Waals surface area contributed by atoms with Crippen molar-refractivity contribution in [2.24, 2.45) is 5.92 Å². The summed E-state index contributed by atoms with van der Waals surface area (Å²) >= 11 is 3.51. The molecule has 1 amide bonds. The van der Waals surface area contributed by atoms with Crippen molar-refractivity contribution in [3.05, 3.63) is 69.9 Å². The molecule has 0 aromatic heterocycles. The summed E-state index contributed by atoms with van der Waals surface area (Å²) in [5, 5.41) is 9.49. The van der Waals surface area contributed by atoms with Crippen molar-refractivity contribution in [1.29, 1.82) is 0 Å². The van der Waals surface area contributed by atoms with Crippen LogP contribution in [-0.4, -0.2) is 73.3 Å². The number of piperazine rings is 1. The monoisotopic (exact) mass is 586 g/mol. The van der Waals surface area contributed by atoms with Crippen molar-refractivity contribution < 1.29 is 28.8 Å². The van der Waals surface area contributed by atoms with Crippen LogP contribution in [0.3, 0.4) is 0 Å². The van der Waals surface area contributed by atoms with E-state index in [0.29, 0.717) is 31.9 Å². The van der Waals surface area contributed by atoms with Gasteiger partial charge in [0.15, 0.2) is 17.3 Å². The van der Waals surface area contributed by atoms with Gasteiger partial charge in [0.05, 0.1) is 0 Å². The summed E-state index contributed by atoms with van der Waals surface area (Å²) in [5.41, 5.74) is 2.26. The topological polar surface area (TPSA) is 80.7 Å². The Hall–Kier alpha value is -2.59. The van der Waals surface area contributed by atoms with E-state index in [0.717, 1.165) is 53.2 Å². The summed E-state index contributed by atoms with van der Waals surface area (Å²) in [6, 6.07) is 14.2. The third-order valence-corrected chi connectivity index (χ3v) is 7.91. The van der Waals surface area contributed by atoms with Crippen LogP contribution < -0.4 is 9.47 Å². The zero-order valence-electron chi connectivity index (χ0n) is 21.7. The molecule has 0 unspecified atom stereocenters. The molecule has 8 nitrogen and oxygen atoms in total. The summed E-state index contributed by atoms with van der Waals surface area (Å²) in [7, 11) is 0. The number of ether oxygens (including phenoxy) is 4. The molecule has 204 valence electrons. The van der Waals surface area contributed by atoms with Crippen molar-refractivity contribution in [3.63, 3.8) is 0 Å². The first kappa shape index (κ1) is 27.0. The van der Waals surface area contributed by atoms with Gasteiger partial charge in [0.25, 0.3) is 5.91 Å². The second-order valence-corrected chi connectivity index (χ2v) is 10.8. The number of allylic oxidation sites excluding steroid dienone is 1. The number of rotatable bonds is 9. The largest absolute Gasteiger partial charge is 0.459 e. The highest BCUT2D eigenvalue weighted by molar-refractivity contribution is 9.10. The van der Waals surface area contributed by atoms with Gasteiger partial charge in [-0.25, -0.2) is 0 Å². The summed E-state index contributed by atoms with van der Waals surface area (Å²) in [4.78, 5) is 17.8. The lowest BCUT2D eigenvalue weighted by atomic mass is 9.80. The molecule has 3 aliphatic rings. The maximum Gasteiger partial charge on any atom is 0.288 e. The zero-order chi connectivity index (χ0) is 26.5. The van der Waals surface area contributed by atoms with E-state index in [-0.39, 0.29) is 31.1 Å². The molecule has 1 fully saturated rings. The summed E-state index contributed by atoms with van der Waals surface area (Å²) < 4.78 is 24.1. The minimum Gasteiger partial charge on any atom is -0.459 e. The molecule has 1 saturated heterocycles. The highest BCUT2D eigenvalue weighted by atomic mass is 79.9. The van der Waals surface area contributed by atoms with E-state index in [1.807, 2.05) is 42.2 Å². The molecule has 3 atom stereocenters. The van der Waals surface area contributed by atoms with Crippen LogP contribution in [0.4, 0.5) is 0 Å². The maximum absolute atomic E-state index is 13.6. The Morgan fingerprint density at radius 1 is 1.08 bits per heavy atom. The zero-order valence-corrected chi connectivity index (χ0v) is 23.3. The maximum atomic E-state index is 13.6. The Labute approximate surface area is 232 Å². The average Bonchev–Trinajstić information content (AvgIpc) is 3.41. The van der Waals surface area contributed by atoms with Gasteiger partial charge < -0.3 is 29.0 Å². The highest BCUT2D eigenvalue weighted by Crippen LogP contribution is 2.40. The quantitative estimate of drug-likeness (QED) is 0.470. The molecule has 38 heavy (non-hydrogen) atoms. The number of hydrogen-bond acceptors (Lipinski definition) is 7. The van der Waals surface area contributed by atoms with Gasteiger partial charge in [-0.3, -0.25) is 9.69 Å². The van der Waals surface area contributed by atoms with Gasteiger partial charge in [-0.1, -0.05) is 34.1 Å². The molecule has 0 radical (unpaired) electrons. The third-order valence-electron chi connectivity index (χ3n) is 7.38. The number of halogens is 1. The Balaban J connectivity index is 1.28. The summed E-state index contributed by atoms with van der Waals surface area (Å²) in [6.07, 6.45) is 2.80. The van der Waals surface area contributed by atoms with Crippen LogP contribution in [0.5, 0.6) is 11.5 Å². The minimum absolute atomic E-state index is 0.00151. The lowest BCUT2D eigenvalue weighted by Gasteiger charge is -2.39. The van der Waals surface area contributed by atoms with E-state index in [9.17, 15) is 9.90 Å². The number of hydrogen-bond donors (Lipinski definition) is 1. The third kappa shape index (κ3) is 6.17. The predicted molar refractivity (Wildman–Crippen MR) is 146 cm³/mol. The van der Waals surface area contributed by atoms with Crippen molar-refractivity contribution in [1.82, 2.24) is 9.80 Å². The van der Waals surface area contributed by atoms with Crippen LogP contribution in [0.1, 0.15) is 36.8 Å². The Morgan fingerprint density at radius 2 is 1.84 bits per heavy atom. The molecule has 0 bridgehead atoms. The Kier molecular flexibility index (Phi) is 8.89. The van der Waals surface area contributed by atoms with Crippen LogP contribution in [0.15, 0.2) is 58.8 Å². The van der Waals surface area contributed by atoms with E-state index >= 15 is 0 Å². The van der Waals surface area contributed by atoms with E-state index in [1.54, 1.807) is 0 Å². The first-order chi connectivity index (χ1) is 18.6. The van der Waals surface area contributed by atoms with E-state index < -0.39 is 6.29 Å². The van der Waals surface area contributed by atoms with E-state index in [1.165, 1.54) is 0 Å². The number of amides is 1. The lowest BCUT2D eigenvalue weighted by molar-refractivity contribution is -0.171. The standard InChI is InChI=1S/C29H35BrN2O6/c1-2-35-29-23(4-3-15-33)24(21-6-8-22(30)9-7-21)17-27(38-29)28(34)32-13-11-31(12-14-32)18-20-5-10-25-26(16-20)37-19-36-25/h5-10,16-17,23-24,29,33H,2-4,11-15,18-19H2,1H3/t23-,24-,29-/m0/s1. The molecule has 0 spiro atoms. The molecule has 0 saturated carbocycles. The number of nitrogens with zero attached hydrogens (tertiary/aromatic N) is 2. The molecule has 1 N–H and O–H groups in total. The van der Waals surface area contributed by atoms with Gasteiger partial charge >= 0.3 is 0 Å². The van der Waals surface area contributed by atoms with E-state index in [4.69, 9.17) is 18.9 Å². The summed E-state index contributed by atoms with van der Waals surface area (Å²) in [6.45, 7) is 6.38. The fourth-order valence-electron chi connectivity index (χ4n) is 5.38. The molecular formula is C29H35BrN2O6. The molecule has 3 heterocycles. The second-order valence-electron chi connectivity index (χ2n) is 9.84. The number of aliphatic hydroxyl groups excluding tert-OH is 1. The van der Waals surface area contributed by atoms with Gasteiger partial charge in [0.1, 0.15) is 0 Å². The van der Waals surface area contributed by atoms with Gasteiger partial charge in [0, 0.05) is 62.2 Å². The van der Waals surface area contributed by atoms with Crippen molar-refractivity contribution >= 4 is 21.8 Å². The molecule has 0 aliphatic carbocycles. The Morgan fingerprint density at radius 3 is 2.58 bits per heavy atom. The van der Waals surface area contributed by atoms with Gasteiger partial charge in [-0.05, 0) is 61.2 Å². The molecular weight excluding hydrogens is 552 g/mol. The van der Waals surface area contributed by atoms with Crippen LogP contribution in [0, 0.1) is 5.92 Å². The van der Waals surface area contributed by atoms with Crippen molar-refractivity contribution in [3.8, 4) is 11.5 Å².